The molecule has 6 heteroatoms. The highest BCUT2D eigenvalue weighted by atomic mass is 16.2. The number of nitrogens with zero attached hydrogens (tertiary/aromatic N) is 4. The van der Waals surface area contributed by atoms with E-state index >= 15 is 0 Å². The number of benzene rings is 2. The molecule has 6 nitrogen and oxygen atoms in total. The Morgan fingerprint density at radius 3 is 2.60 bits per heavy atom. The van der Waals surface area contributed by atoms with Crippen LogP contribution >= 0.6 is 0 Å². The van der Waals surface area contributed by atoms with E-state index in [9.17, 15) is 4.79 Å². The third-order valence-electron chi connectivity index (χ3n) is 5.73. The van der Waals surface area contributed by atoms with Gasteiger partial charge in [-0.2, -0.15) is 0 Å². The van der Waals surface area contributed by atoms with Gasteiger partial charge < -0.3 is 14.8 Å². The van der Waals surface area contributed by atoms with Gasteiger partial charge in [0.1, 0.15) is 0 Å². The van der Waals surface area contributed by atoms with Gasteiger partial charge in [-0.3, -0.25) is 9.69 Å². The second-order valence-electron chi connectivity index (χ2n) is 8.04. The molecule has 1 aliphatic heterocycles. The summed E-state index contributed by atoms with van der Waals surface area (Å²) in [5.41, 5.74) is 4.54. The quantitative estimate of drug-likeness (QED) is 0.688. The van der Waals surface area contributed by atoms with Crippen molar-refractivity contribution in [3.63, 3.8) is 0 Å². The molecule has 2 heterocycles. The van der Waals surface area contributed by atoms with E-state index in [0.717, 1.165) is 18.8 Å². The van der Waals surface area contributed by atoms with Crippen molar-refractivity contribution >= 4 is 11.6 Å². The molecule has 1 unspecified atom stereocenters. The maximum absolute atomic E-state index is 13.6. The van der Waals surface area contributed by atoms with Gasteiger partial charge in [0.25, 0.3) is 0 Å². The van der Waals surface area contributed by atoms with Crippen molar-refractivity contribution in [1.29, 1.82) is 0 Å². The number of aromatic amines is 1. The molecule has 1 amide bonds. The van der Waals surface area contributed by atoms with Crippen LogP contribution in [0.25, 0.3) is 0 Å². The Morgan fingerprint density at radius 2 is 1.87 bits per heavy atom. The number of nitrogens with one attached hydrogen (secondary N) is 1. The van der Waals surface area contributed by atoms with Crippen molar-refractivity contribution in [2.45, 2.75) is 25.6 Å². The van der Waals surface area contributed by atoms with Crippen molar-refractivity contribution < 1.29 is 4.79 Å². The molecule has 0 saturated heterocycles. The fraction of sp³-hybridized carbons (Fsp3) is 0.333. The highest BCUT2D eigenvalue weighted by Crippen LogP contribution is 2.27. The molecule has 0 spiro atoms. The summed E-state index contributed by atoms with van der Waals surface area (Å²) in [6, 6.07) is 18.4. The third kappa shape index (κ3) is 4.54. The second kappa shape index (κ2) is 9.13. The lowest BCUT2D eigenvalue weighted by Gasteiger charge is -2.30. The molecular weight excluding hydrogens is 374 g/mol. The van der Waals surface area contributed by atoms with Crippen LogP contribution in [0.2, 0.25) is 0 Å². The Labute approximate surface area is 178 Å². The van der Waals surface area contributed by atoms with Crippen LogP contribution in [0.4, 0.5) is 5.69 Å². The van der Waals surface area contributed by atoms with Gasteiger partial charge in [-0.25, -0.2) is 4.98 Å². The molecule has 0 bridgehead atoms. The van der Waals surface area contributed by atoms with E-state index in [1.54, 1.807) is 6.33 Å². The molecule has 3 aromatic rings. The highest BCUT2D eigenvalue weighted by molar-refractivity contribution is 5.82. The first-order valence-electron chi connectivity index (χ1n) is 10.4. The summed E-state index contributed by atoms with van der Waals surface area (Å²) in [6.07, 6.45) is 4.35. The molecule has 0 fully saturated rings. The Balaban J connectivity index is 1.55. The molecule has 1 aromatic heterocycles. The van der Waals surface area contributed by atoms with Crippen LogP contribution in [-0.2, 0) is 24.3 Å². The molecule has 156 valence electrons. The monoisotopic (exact) mass is 403 g/mol. The number of rotatable bonds is 6. The molecule has 1 aliphatic rings. The molecular formula is C24H29N5O. The van der Waals surface area contributed by atoms with E-state index in [1.165, 1.54) is 16.8 Å². The van der Waals surface area contributed by atoms with Gasteiger partial charge >= 0.3 is 0 Å². The molecule has 4 rings (SSSR count). The lowest BCUT2D eigenvalue weighted by atomic mass is 10.0. The largest absolute Gasteiger partial charge is 0.364 e. The number of aromatic nitrogens is 2. The average molecular weight is 404 g/mol. The van der Waals surface area contributed by atoms with E-state index in [-0.39, 0.29) is 11.9 Å². The summed E-state index contributed by atoms with van der Waals surface area (Å²) in [5.74, 6) is 0.181. The minimum Gasteiger partial charge on any atom is -0.364 e. The number of amides is 1. The standard InChI is InChI=1S/C24H29N5O/c1-27(2)23(14-19-8-4-3-5-9-19)24(30)29-13-12-28(17-21-15-25-18-26-21)22-11-7-6-10-20(22)16-29/h3-11,15,18,23H,12-14,16-17H2,1-2H3,(H,25,26). The first-order chi connectivity index (χ1) is 14.6. The Kier molecular flexibility index (Phi) is 6.14. The zero-order valence-corrected chi connectivity index (χ0v) is 17.7. The number of anilines is 1. The van der Waals surface area contributed by atoms with Gasteiger partial charge in [0.2, 0.25) is 5.91 Å². The SMILES string of the molecule is CN(C)C(Cc1ccccc1)C(=O)N1CCN(Cc2c[nH]cn2)c2ccccc2C1. The van der Waals surface area contributed by atoms with E-state index in [0.29, 0.717) is 19.5 Å². The lowest BCUT2D eigenvalue weighted by molar-refractivity contribution is -0.136. The smallest absolute Gasteiger partial charge is 0.240 e. The maximum Gasteiger partial charge on any atom is 0.240 e. The number of carbonyl (C=O) groups excluding carboxylic acids is 1. The number of imidazole rings is 1. The van der Waals surface area contributed by atoms with E-state index in [1.807, 2.05) is 54.4 Å². The summed E-state index contributed by atoms with van der Waals surface area (Å²) in [7, 11) is 3.97. The van der Waals surface area contributed by atoms with Crippen LogP contribution < -0.4 is 4.90 Å². The van der Waals surface area contributed by atoms with Crippen molar-refractivity contribution in [2.75, 3.05) is 32.1 Å². The van der Waals surface area contributed by atoms with Crippen molar-refractivity contribution in [3.8, 4) is 0 Å². The summed E-state index contributed by atoms with van der Waals surface area (Å²) in [4.78, 5) is 27.4. The van der Waals surface area contributed by atoms with E-state index in [2.05, 4.69) is 45.2 Å². The molecule has 2 aromatic carbocycles. The molecule has 0 radical (unpaired) electrons. The van der Waals surface area contributed by atoms with Crippen LogP contribution in [0.3, 0.4) is 0 Å². The van der Waals surface area contributed by atoms with Crippen LogP contribution in [-0.4, -0.2) is 58.9 Å². The first-order valence-corrected chi connectivity index (χ1v) is 10.4. The van der Waals surface area contributed by atoms with Gasteiger partial charge in [-0.1, -0.05) is 48.5 Å². The fourth-order valence-electron chi connectivity index (χ4n) is 4.06. The van der Waals surface area contributed by atoms with Crippen LogP contribution in [0.1, 0.15) is 16.8 Å². The van der Waals surface area contributed by atoms with E-state index in [4.69, 9.17) is 0 Å². The van der Waals surface area contributed by atoms with Crippen LogP contribution in [0.5, 0.6) is 0 Å². The minimum atomic E-state index is -0.183. The van der Waals surface area contributed by atoms with Crippen LogP contribution in [0.15, 0.2) is 67.1 Å². The normalized spacial score (nSPS) is 15.0. The topological polar surface area (TPSA) is 55.5 Å². The highest BCUT2D eigenvalue weighted by Gasteiger charge is 2.29. The Bertz CT molecular complexity index is 955. The third-order valence-corrected chi connectivity index (χ3v) is 5.73. The van der Waals surface area contributed by atoms with Gasteiger partial charge in [-0.15, -0.1) is 0 Å². The Morgan fingerprint density at radius 1 is 1.10 bits per heavy atom. The van der Waals surface area contributed by atoms with Crippen LogP contribution in [0, 0.1) is 0 Å². The van der Waals surface area contributed by atoms with Crippen molar-refractivity contribution in [3.05, 3.63) is 83.9 Å². The van der Waals surface area contributed by atoms with Crippen molar-refractivity contribution in [1.82, 2.24) is 19.8 Å². The number of para-hydroxylation sites is 1. The predicted molar refractivity (Wildman–Crippen MR) is 119 cm³/mol. The summed E-state index contributed by atoms with van der Waals surface area (Å²) < 4.78 is 0. The molecule has 0 saturated carbocycles. The molecule has 1 N–H and O–H groups in total. The zero-order valence-electron chi connectivity index (χ0n) is 17.7. The molecule has 1 atom stereocenters. The fourth-order valence-corrected chi connectivity index (χ4v) is 4.06. The number of carbonyl (C=O) groups is 1. The zero-order chi connectivity index (χ0) is 20.9. The number of fused-ring (bicyclic) bond motifs is 1. The number of likely N-dealkylation sites (N-methyl/N-ethyl adjacent to an activating group) is 1. The van der Waals surface area contributed by atoms with Gasteiger partial charge in [-0.05, 0) is 37.7 Å². The summed E-state index contributed by atoms with van der Waals surface area (Å²) in [5, 5.41) is 0. The van der Waals surface area contributed by atoms with E-state index < -0.39 is 0 Å². The second-order valence-corrected chi connectivity index (χ2v) is 8.04. The molecule has 0 aliphatic carbocycles. The maximum atomic E-state index is 13.6. The van der Waals surface area contributed by atoms with Gasteiger partial charge in [0.15, 0.2) is 0 Å². The number of hydrogen-bond acceptors (Lipinski definition) is 4. The summed E-state index contributed by atoms with van der Waals surface area (Å²) >= 11 is 0. The minimum absolute atomic E-state index is 0.181. The Hall–Kier alpha value is -3.12. The first kappa shape index (κ1) is 20.2. The van der Waals surface area contributed by atoms with Crippen molar-refractivity contribution in [2.24, 2.45) is 0 Å². The average Bonchev–Trinajstić information content (AvgIpc) is 3.20. The van der Waals surface area contributed by atoms with Gasteiger partial charge in [0.05, 0.1) is 24.6 Å². The number of hydrogen-bond donors (Lipinski definition) is 1. The lowest BCUT2D eigenvalue weighted by Crippen LogP contribution is -2.48. The predicted octanol–water partition coefficient (Wildman–Crippen LogP) is 2.93. The number of H-pyrrole nitrogens is 1. The molecule has 30 heavy (non-hydrogen) atoms. The van der Waals surface area contributed by atoms with Gasteiger partial charge in [0, 0.05) is 31.5 Å². The summed E-state index contributed by atoms with van der Waals surface area (Å²) in [6.45, 7) is 2.83.